The summed E-state index contributed by atoms with van der Waals surface area (Å²) in [5.41, 5.74) is 3.44. The lowest BCUT2D eigenvalue weighted by atomic mass is 10.2. The lowest BCUT2D eigenvalue weighted by Crippen LogP contribution is -3.10. The number of hydrogen-bond donors (Lipinski definition) is 2. The Labute approximate surface area is 162 Å². The summed E-state index contributed by atoms with van der Waals surface area (Å²) in [5, 5.41) is 2.96. The van der Waals surface area contributed by atoms with Crippen molar-refractivity contribution in [1.82, 2.24) is 9.55 Å². The van der Waals surface area contributed by atoms with Crippen LogP contribution >= 0.6 is 0 Å². The zero-order valence-corrected chi connectivity index (χ0v) is 15.4. The molecule has 6 heteroatoms. The third-order valence-electron chi connectivity index (χ3n) is 5.22. The zero-order valence-electron chi connectivity index (χ0n) is 15.4. The van der Waals surface area contributed by atoms with Crippen molar-refractivity contribution in [2.75, 3.05) is 11.9 Å². The number of amides is 1. The molecule has 4 aromatic rings. The van der Waals surface area contributed by atoms with Crippen LogP contribution < -0.4 is 10.2 Å². The Kier molecular flexibility index (Phi) is 4.18. The average molecular weight is 373 g/mol. The number of carbonyl (C=O) groups excluding carboxylic acids is 1. The standard InChI is InChI=1S/C22H20N4O2/c27-22(16-5-2-1-3-6-16)23-17-8-9-20-19(13-17)24-21-15-25(10-11-26(20)21)14-18-7-4-12-28-18/h1-9,12-13H,10-11,14-15H2,(H,23,27)/p+1. The van der Waals surface area contributed by atoms with Crippen LogP contribution in [0.4, 0.5) is 5.69 Å². The first kappa shape index (κ1) is 16.8. The summed E-state index contributed by atoms with van der Waals surface area (Å²) in [6.45, 7) is 3.69. The summed E-state index contributed by atoms with van der Waals surface area (Å²) in [6.07, 6.45) is 1.72. The zero-order chi connectivity index (χ0) is 18.9. The van der Waals surface area contributed by atoms with Crippen molar-refractivity contribution < 1.29 is 14.1 Å². The maximum absolute atomic E-state index is 12.4. The average Bonchev–Trinajstić information content (AvgIpc) is 3.35. The van der Waals surface area contributed by atoms with Gasteiger partial charge in [-0.25, -0.2) is 4.98 Å². The molecule has 2 aromatic carbocycles. The summed E-state index contributed by atoms with van der Waals surface area (Å²) in [5.74, 6) is 1.97. The lowest BCUT2D eigenvalue weighted by Gasteiger charge is -2.24. The first-order valence-corrected chi connectivity index (χ1v) is 9.48. The first-order valence-electron chi connectivity index (χ1n) is 9.48. The molecule has 1 unspecified atom stereocenters. The van der Waals surface area contributed by atoms with E-state index in [1.54, 1.807) is 18.4 Å². The summed E-state index contributed by atoms with van der Waals surface area (Å²) in [4.78, 5) is 18.7. The van der Waals surface area contributed by atoms with E-state index in [-0.39, 0.29) is 5.91 Å². The number of nitrogens with zero attached hydrogens (tertiary/aromatic N) is 2. The summed E-state index contributed by atoms with van der Waals surface area (Å²) < 4.78 is 7.77. The summed E-state index contributed by atoms with van der Waals surface area (Å²) >= 11 is 0. The van der Waals surface area contributed by atoms with Gasteiger partial charge in [0.1, 0.15) is 13.1 Å². The van der Waals surface area contributed by atoms with Crippen LogP contribution in [-0.4, -0.2) is 22.0 Å². The van der Waals surface area contributed by atoms with E-state index in [0.717, 1.165) is 54.5 Å². The van der Waals surface area contributed by atoms with Crippen molar-refractivity contribution in [2.45, 2.75) is 19.6 Å². The molecule has 1 aliphatic rings. The number of benzene rings is 2. The van der Waals surface area contributed by atoms with Crippen molar-refractivity contribution in [1.29, 1.82) is 0 Å². The van der Waals surface area contributed by atoms with Crippen molar-refractivity contribution in [3.63, 3.8) is 0 Å². The van der Waals surface area contributed by atoms with E-state index in [9.17, 15) is 4.79 Å². The molecule has 5 rings (SSSR count). The van der Waals surface area contributed by atoms with Gasteiger partial charge >= 0.3 is 0 Å². The van der Waals surface area contributed by atoms with Crippen LogP contribution in [0.5, 0.6) is 0 Å². The molecule has 140 valence electrons. The second-order valence-corrected chi connectivity index (χ2v) is 7.14. The van der Waals surface area contributed by atoms with Gasteiger partial charge in [0.15, 0.2) is 11.6 Å². The minimum Gasteiger partial charge on any atom is -0.463 e. The Balaban J connectivity index is 1.36. The fourth-order valence-corrected chi connectivity index (χ4v) is 3.83. The Morgan fingerprint density at radius 2 is 2.04 bits per heavy atom. The molecule has 2 N–H and O–H groups in total. The van der Waals surface area contributed by atoms with Crippen molar-refractivity contribution in [3.8, 4) is 0 Å². The second kappa shape index (κ2) is 6.98. The van der Waals surface area contributed by atoms with Crippen molar-refractivity contribution in [2.24, 2.45) is 0 Å². The number of anilines is 1. The van der Waals surface area contributed by atoms with Crippen LogP contribution in [0, 0.1) is 0 Å². The van der Waals surface area contributed by atoms with E-state index in [1.807, 2.05) is 48.5 Å². The number of fused-ring (bicyclic) bond motifs is 3. The number of quaternary nitrogens is 1. The highest BCUT2D eigenvalue weighted by atomic mass is 16.3. The molecule has 3 heterocycles. The fourth-order valence-electron chi connectivity index (χ4n) is 3.83. The molecular formula is C22H21N4O2+. The van der Waals surface area contributed by atoms with Crippen LogP contribution in [0.15, 0.2) is 71.3 Å². The molecule has 6 nitrogen and oxygen atoms in total. The molecule has 28 heavy (non-hydrogen) atoms. The molecule has 1 atom stereocenters. The first-order chi connectivity index (χ1) is 13.8. The second-order valence-electron chi connectivity index (χ2n) is 7.14. The number of carbonyl (C=O) groups is 1. The van der Waals surface area contributed by atoms with Gasteiger partial charge in [-0.05, 0) is 42.5 Å². The lowest BCUT2D eigenvalue weighted by molar-refractivity contribution is -0.932. The number of furan rings is 1. The van der Waals surface area contributed by atoms with E-state index in [0.29, 0.717) is 5.56 Å². The Hall–Kier alpha value is -3.38. The highest BCUT2D eigenvalue weighted by Gasteiger charge is 2.24. The predicted molar refractivity (Wildman–Crippen MR) is 106 cm³/mol. The van der Waals surface area contributed by atoms with E-state index in [4.69, 9.17) is 9.40 Å². The topological polar surface area (TPSA) is 64.5 Å². The van der Waals surface area contributed by atoms with E-state index in [1.165, 1.54) is 4.90 Å². The maximum Gasteiger partial charge on any atom is 0.255 e. The van der Waals surface area contributed by atoms with Gasteiger partial charge in [-0.2, -0.15) is 0 Å². The monoisotopic (exact) mass is 373 g/mol. The molecule has 0 bridgehead atoms. The quantitative estimate of drug-likeness (QED) is 0.578. The molecule has 0 saturated carbocycles. The predicted octanol–water partition coefficient (Wildman–Crippen LogP) is 2.48. The third-order valence-corrected chi connectivity index (χ3v) is 5.22. The van der Waals surface area contributed by atoms with Crippen LogP contribution in [0.25, 0.3) is 11.0 Å². The molecule has 0 spiro atoms. The van der Waals surface area contributed by atoms with Gasteiger partial charge in [-0.1, -0.05) is 18.2 Å². The van der Waals surface area contributed by atoms with Gasteiger partial charge in [-0.15, -0.1) is 0 Å². The number of hydrogen-bond acceptors (Lipinski definition) is 3. The van der Waals surface area contributed by atoms with Crippen LogP contribution in [-0.2, 0) is 19.6 Å². The maximum atomic E-state index is 12.4. The van der Waals surface area contributed by atoms with Gasteiger partial charge in [0, 0.05) is 11.3 Å². The smallest absolute Gasteiger partial charge is 0.255 e. The Morgan fingerprint density at radius 1 is 1.14 bits per heavy atom. The summed E-state index contributed by atoms with van der Waals surface area (Å²) in [6, 6.07) is 19.1. The molecular weight excluding hydrogens is 352 g/mol. The van der Waals surface area contributed by atoms with Crippen molar-refractivity contribution >= 4 is 22.6 Å². The van der Waals surface area contributed by atoms with E-state index in [2.05, 4.69) is 9.88 Å². The number of imidazole rings is 1. The molecule has 0 radical (unpaired) electrons. The van der Waals surface area contributed by atoms with Crippen LogP contribution in [0.3, 0.4) is 0 Å². The Bertz CT molecular complexity index is 1120. The molecule has 0 fully saturated rings. The van der Waals surface area contributed by atoms with Crippen LogP contribution in [0.1, 0.15) is 21.9 Å². The van der Waals surface area contributed by atoms with E-state index >= 15 is 0 Å². The fraction of sp³-hybridized carbons (Fsp3) is 0.182. The highest BCUT2D eigenvalue weighted by Crippen LogP contribution is 2.22. The SMILES string of the molecule is O=C(Nc1ccc2c(c1)nc1n2CC[NH+](Cc2ccco2)C1)c1ccccc1. The van der Waals surface area contributed by atoms with E-state index < -0.39 is 0 Å². The van der Waals surface area contributed by atoms with Gasteiger partial charge in [0.05, 0.1) is 30.4 Å². The summed E-state index contributed by atoms with van der Waals surface area (Å²) in [7, 11) is 0. The molecule has 0 aliphatic carbocycles. The molecule has 1 aliphatic heterocycles. The normalized spacial score (nSPS) is 16.1. The Morgan fingerprint density at radius 3 is 2.86 bits per heavy atom. The van der Waals surface area contributed by atoms with Gasteiger partial charge < -0.3 is 19.2 Å². The van der Waals surface area contributed by atoms with Crippen molar-refractivity contribution in [3.05, 3.63) is 84.1 Å². The number of rotatable bonds is 4. The highest BCUT2D eigenvalue weighted by molar-refractivity contribution is 6.04. The minimum atomic E-state index is -0.113. The number of aromatic nitrogens is 2. The largest absolute Gasteiger partial charge is 0.463 e. The molecule has 1 amide bonds. The third kappa shape index (κ3) is 3.18. The van der Waals surface area contributed by atoms with Crippen LogP contribution in [0.2, 0.25) is 0 Å². The number of nitrogens with one attached hydrogen (secondary N) is 2. The van der Waals surface area contributed by atoms with Gasteiger partial charge in [0.2, 0.25) is 0 Å². The van der Waals surface area contributed by atoms with Gasteiger partial charge in [-0.3, -0.25) is 4.79 Å². The minimum absolute atomic E-state index is 0.113. The molecule has 0 saturated heterocycles. The molecule has 2 aromatic heterocycles. The van der Waals surface area contributed by atoms with Gasteiger partial charge in [0.25, 0.3) is 5.91 Å².